The molecule has 15 heavy (non-hydrogen) atoms. The summed E-state index contributed by atoms with van der Waals surface area (Å²) in [7, 11) is -3.47. The Hall–Kier alpha value is -0.390. The third-order valence-electron chi connectivity index (χ3n) is 1.61. The van der Waals surface area contributed by atoms with Crippen LogP contribution in [0.5, 0.6) is 0 Å². The maximum absolute atomic E-state index is 11.3. The monoisotopic (exact) mass is 339 g/mol. The Kier molecular flexibility index (Phi) is 4.31. The first-order chi connectivity index (χ1) is 6.87. The Balaban J connectivity index is 2.59. The highest BCUT2D eigenvalue weighted by molar-refractivity contribution is 14.1. The van der Waals surface area contributed by atoms with Gasteiger partial charge in [0, 0.05) is 10.2 Å². The van der Waals surface area contributed by atoms with Crippen molar-refractivity contribution in [2.75, 3.05) is 6.66 Å². The molecule has 1 atom stereocenters. The van der Waals surface area contributed by atoms with Crippen molar-refractivity contribution in [1.82, 2.24) is 5.09 Å². The second kappa shape index (κ2) is 5.09. The van der Waals surface area contributed by atoms with Crippen molar-refractivity contribution >= 4 is 36.0 Å². The first-order valence-electron chi connectivity index (χ1n) is 4.22. The van der Waals surface area contributed by atoms with Gasteiger partial charge in [0.05, 0.1) is 6.42 Å². The molecule has 0 aromatic heterocycles. The third-order valence-corrected chi connectivity index (χ3v) is 2.99. The highest BCUT2D eigenvalue weighted by atomic mass is 127. The first-order valence-corrected chi connectivity index (χ1v) is 7.41. The van der Waals surface area contributed by atoms with E-state index in [1.54, 1.807) is 0 Å². The van der Waals surface area contributed by atoms with Crippen molar-refractivity contribution in [1.29, 1.82) is 0 Å². The van der Waals surface area contributed by atoms with Gasteiger partial charge in [-0.15, -0.1) is 0 Å². The second-order valence-corrected chi connectivity index (χ2v) is 6.44. The largest absolute Gasteiger partial charge is 0.329 e. The Morgan fingerprint density at radius 1 is 1.47 bits per heavy atom. The van der Waals surface area contributed by atoms with Crippen molar-refractivity contribution in [2.45, 2.75) is 6.42 Å². The highest BCUT2D eigenvalue weighted by Crippen LogP contribution is 2.28. The fraction of sp³-hybridized carbons (Fsp3) is 0.222. The van der Waals surface area contributed by atoms with E-state index < -0.39 is 13.4 Å². The van der Waals surface area contributed by atoms with Gasteiger partial charge in [-0.2, -0.15) is 0 Å². The summed E-state index contributed by atoms with van der Waals surface area (Å²) in [4.78, 5) is 20.2. The van der Waals surface area contributed by atoms with Crippen LogP contribution in [-0.4, -0.2) is 17.5 Å². The molecule has 0 heterocycles. The molecule has 0 spiro atoms. The van der Waals surface area contributed by atoms with E-state index >= 15 is 0 Å². The maximum atomic E-state index is 11.3. The van der Waals surface area contributed by atoms with Crippen LogP contribution in [-0.2, 0) is 15.8 Å². The number of nitrogens with one attached hydrogen (secondary N) is 1. The zero-order valence-corrected chi connectivity index (χ0v) is 11.2. The minimum absolute atomic E-state index is 0.120. The molecular weight excluding hydrogens is 328 g/mol. The first kappa shape index (κ1) is 12.7. The molecule has 0 saturated heterocycles. The molecule has 2 N–H and O–H groups in total. The van der Waals surface area contributed by atoms with Gasteiger partial charge in [0.25, 0.3) is 7.52 Å². The summed E-state index contributed by atoms with van der Waals surface area (Å²) in [6.45, 7) is 1.10. The number of halogens is 1. The second-order valence-electron chi connectivity index (χ2n) is 3.22. The number of carbonyl (C=O) groups is 1. The summed E-state index contributed by atoms with van der Waals surface area (Å²) < 4.78 is 12.0. The number of rotatable bonds is 3. The third kappa shape index (κ3) is 5.30. The average molecular weight is 339 g/mol. The van der Waals surface area contributed by atoms with Crippen LogP contribution in [0.3, 0.4) is 0 Å². The van der Waals surface area contributed by atoms with Crippen molar-refractivity contribution < 1.29 is 14.3 Å². The van der Waals surface area contributed by atoms with E-state index in [2.05, 4.69) is 27.7 Å². The molecule has 0 radical (unpaired) electrons. The zero-order chi connectivity index (χ0) is 11.5. The molecule has 1 rings (SSSR count). The van der Waals surface area contributed by atoms with E-state index in [0.29, 0.717) is 0 Å². The normalized spacial score (nSPS) is 14.3. The van der Waals surface area contributed by atoms with Crippen LogP contribution in [0.4, 0.5) is 0 Å². The maximum Gasteiger partial charge on any atom is 0.290 e. The fourth-order valence-electron chi connectivity index (χ4n) is 1.06. The van der Waals surface area contributed by atoms with Crippen LogP contribution in [0.2, 0.25) is 0 Å². The van der Waals surface area contributed by atoms with Crippen LogP contribution in [0.1, 0.15) is 5.56 Å². The van der Waals surface area contributed by atoms with Gasteiger partial charge in [0.15, 0.2) is 0 Å². The molecule has 0 fully saturated rings. The summed E-state index contributed by atoms with van der Waals surface area (Å²) in [6, 6.07) is 7.40. The van der Waals surface area contributed by atoms with E-state index in [1.165, 1.54) is 0 Å². The Morgan fingerprint density at radius 2 is 2.00 bits per heavy atom. The van der Waals surface area contributed by atoms with E-state index in [0.717, 1.165) is 15.8 Å². The van der Waals surface area contributed by atoms with Gasteiger partial charge >= 0.3 is 0 Å². The molecule has 4 nitrogen and oxygen atoms in total. The minimum Gasteiger partial charge on any atom is -0.329 e. The Morgan fingerprint density at radius 3 is 2.47 bits per heavy atom. The zero-order valence-electron chi connectivity index (χ0n) is 8.11. The predicted molar refractivity (Wildman–Crippen MR) is 66.8 cm³/mol. The number of amides is 1. The van der Waals surface area contributed by atoms with Gasteiger partial charge < -0.3 is 4.89 Å². The van der Waals surface area contributed by atoms with Crippen LogP contribution < -0.4 is 5.09 Å². The van der Waals surface area contributed by atoms with Crippen LogP contribution in [0.25, 0.3) is 0 Å². The van der Waals surface area contributed by atoms with Gasteiger partial charge in [-0.05, 0) is 40.3 Å². The Labute approximate surface area is 102 Å². The predicted octanol–water partition coefficient (Wildman–Crippen LogP) is 1.77. The lowest BCUT2D eigenvalue weighted by atomic mass is 10.1. The summed E-state index contributed by atoms with van der Waals surface area (Å²) in [5, 5.41) is 2.05. The van der Waals surface area contributed by atoms with Crippen LogP contribution in [0, 0.1) is 3.57 Å². The summed E-state index contributed by atoms with van der Waals surface area (Å²) >= 11 is 2.17. The van der Waals surface area contributed by atoms with E-state index in [9.17, 15) is 9.36 Å². The van der Waals surface area contributed by atoms with E-state index in [4.69, 9.17) is 4.89 Å². The number of benzene rings is 1. The molecule has 1 amide bonds. The molecule has 0 aliphatic carbocycles. The lowest BCUT2D eigenvalue weighted by Crippen LogP contribution is -2.21. The van der Waals surface area contributed by atoms with Crippen molar-refractivity contribution in [3.63, 3.8) is 0 Å². The number of hydrogen-bond donors (Lipinski definition) is 2. The molecule has 1 aromatic rings. The lowest BCUT2D eigenvalue weighted by molar-refractivity contribution is -0.118. The quantitative estimate of drug-likeness (QED) is 0.652. The summed E-state index contributed by atoms with van der Waals surface area (Å²) in [6.07, 6.45) is 0.120. The SMILES string of the molecule is CP(=O)(O)NC(=O)Cc1ccc(I)cc1. The van der Waals surface area contributed by atoms with E-state index in [-0.39, 0.29) is 6.42 Å². The van der Waals surface area contributed by atoms with Gasteiger partial charge in [0.2, 0.25) is 5.91 Å². The molecule has 0 aliphatic heterocycles. The van der Waals surface area contributed by atoms with Crippen molar-refractivity contribution in [3.8, 4) is 0 Å². The van der Waals surface area contributed by atoms with Gasteiger partial charge in [-0.3, -0.25) is 14.4 Å². The summed E-state index contributed by atoms with van der Waals surface area (Å²) in [5.41, 5.74) is 0.821. The topological polar surface area (TPSA) is 66.4 Å². The average Bonchev–Trinajstić information content (AvgIpc) is 2.05. The van der Waals surface area contributed by atoms with Crippen LogP contribution >= 0.6 is 30.1 Å². The molecular formula is C9H11INO3P. The van der Waals surface area contributed by atoms with Crippen LogP contribution in [0.15, 0.2) is 24.3 Å². The number of hydrogen-bond acceptors (Lipinski definition) is 2. The van der Waals surface area contributed by atoms with E-state index in [1.807, 2.05) is 24.3 Å². The molecule has 0 saturated carbocycles. The minimum atomic E-state index is -3.47. The summed E-state index contributed by atoms with van der Waals surface area (Å²) in [5.74, 6) is -0.440. The number of carbonyl (C=O) groups excluding carboxylic acids is 1. The van der Waals surface area contributed by atoms with Gasteiger partial charge in [0.1, 0.15) is 0 Å². The van der Waals surface area contributed by atoms with Gasteiger partial charge in [-0.1, -0.05) is 12.1 Å². The Bertz CT molecular complexity index is 398. The fourth-order valence-corrected chi connectivity index (χ4v) is 1.96. The lowest BCUT2D eigenvalue weighted by Gasteiger charge is -2.07. The standard InChI is InChI=1S/C9H11INO3P/c1-15(13,14)11-9(12)6-7-2-4-8(10)5-3-7/h2-5H,6H2,1H3,(H2,11,12,13,14). The molecule has 6 heteroatoms. The van der Waals surface area contributed by atoms with Gasteiger partial charge in [-0.25, -0.2) is 0 Å². The van der Waals surface area contributed by atoms with Crippen molar-refractivity contribution in [3.05, 3.63) is 33.4 Å². The molecule has 0 bridgehead atoms. The molecule has 1 unspecified atom stereocenters. The molecule has 1 aromatic carbocycles. The van der Waals surface area contributed by atoms with Crippen molar-refractivity contribution in [2.24, 2.45) is 0 Å². The highest BCUT2D eigenvalue weighted by Gasteiger charge is 2.13. The molecule has 0 aliphatic rings. The smallest absolute Gasteiger partial charge is 0.290 e. The molecule has 82 valence electrons.